The molecule has 3 N–H and O–H groups in total. The van der Waals surface area contributed by atoms with Crippen LogP contribution in [-0.2, 0) is 4.79 Å². The second-order valence-corrected chi connectivity index (χ2v) is 4.32. The Morgan fingerprint density at radius 2 is 2.43 bits per heavy atom. The predicted octanol–water partition coefficient (Wildman–Crippen LogP) is -0.962. The summed E-state index contributed by atoms with van der Waals surface area (Å²) in [5, 5.41) is 2.62. The molecule has 0 saturated carbocycles. The van der Waals surface area contributed by atoms with Crippen molar-refractivity contribution < 1.29 is 4.79 Å². The minimum absolute atomic E-state index is 0.00407. The Morgan fingerprint density at radius 1 is 1.57 bits per heavy atom. The number of aliphatic imine (C=N–C) groups is 1. The van der Waals surface area contributed by atoms with Gasteiger partial charge in [0, 0.05) is 12.6 Å². The SMILES string of the molecule is NC1=NC2(CCN3CCCC32)C(=O)N1. The summed E-state index contributed by atoms with van der Waals surface area (Å²) in [6, 6.07) is 0.295. The van der Waals surface area contributed by atoms with Crippen LogP contribution in [0, 0.1) is 0 Å². The number of hydrogen-bond acceptors (Lipinski definition) is 4. The van der Waals surface area contributed by atoms with Gasteiger partial charge in [0.1, 0.15) is 0 Å². The second-order valence-electron chi connectivity index (χ2n) is 4.32. The van der Waals surface area contributed by atoms with Crippen LogP contribution in [0.15, 0.2) is 4.99 Å². The monoisotopic (exact) mass is 194 g/mol. The highest BCUT2D eigenvalue weighted by Gasteiger charge is 2.56. The maximum Gasteiger partial charge on any atom is 0.256 e. The summed E-state index contributed by atoms with van der Waals surface area (Å²) in [7, 11) is 0. The molecular formula is C9H14N4O. The third-order valence-corrected chi connectivity index (χ3v) is 3.65. The summed E-state index contributed by atoms with van der Waals surface area (Å²) in [4.78, 5) is 18.5. The van der Waals surface area contributed by atoms with Gasteiger partial charge in [0.15, 0.2) is 11.5 Å². The normalized spacial score (nSPS) is 41.6. The summed E-state index contributed by atoms with van der Waals surface area (Å²) in [6.45, 7) is 2.09. The molecule has 3 aliphatic heterocycles. The first kappa shape index (κ1) is 8.23. The average molecular weight is 194 g/mol. The van der Waals surface area contributed by atoms with Gasteiger partial charge in [-0.05, 0) is 25.8 Å². The van der Waals surface area contributed by atoms with Crippen molar-refractivity contribution in [3.63, 3.8) is 0 Å². The number of nitrogens with one attached hydrogen (secondary N) is 1. The molecule has 2 atom stereocenters. The lowest BCUT2D eigenvalue weighted by atomic mass is 9.89. The number of carbonyl (C=O) groups excluding carboxylic acids is 1. The van der Waals surface area contributed by atoms with E-state index in [1.54, 1.807) is 0 Å². The first-order valence-corrected chi connectivity index (χ1v) is 5.13. The number of fused-ring (bicyclic) bond motifs is 2. The van der Waals surface area contributed by atoms with Crippen LogP contribution in [0.5, 0.6) is 0 Å². The molecule has 3 aliphatic rings. The second kappa shape index (κ2) is 2.48. The van der Waals surface area contributed by atoms with Crippen molar-refractivity contribution in [3.8, 4) is 0 Å². The third-order valence-electron chi connectivity index (χ3n) is 3.65. The van der Waals surface area contributed by atoms with Crippen molar-refractivity contribution in [3.05, 3.63) is 0 Å². The van der Waals surface area contributed by atoms with Crippen molar-refractivity contribution in [2.45, 2.75) is 30.8 Å². The van der Waals surface area contributed by atoms with E-state index >= 15 is 0 Å². The molecule has 14 heavy (non-hydrogen) atoms. The topological polar surface area (TPSA) is 70.7 Å². The molecule has 0 aromatic rings. The van der Waals surface area contributed by atoms with Crippen LogP contribution in [0.1, 0.15) is 19.3 Å². The zero-order valence-corrected chi connectivity index (χ0v) is 7.99. The lowest BCUT2D eigenvalue weighted by Gasteiger charge is -2.24. The van der Waals surface area contributed by atoms with Crippen molar-refractivity contribution in [1.82, 2.24) is 10.2 Å². The summed E-state index contributed by atoms with van der Waals surface area (Å²) >= 11 is 0. The van der Waals surface area contributed by atoms with Gasteiger partial charge in [-0.3, -0.25) is 15.0 Å². The van der Waals surface area contributed by atoms with Crippen LogP contribution in [0.3, 0.4) is 0 Å². The van der Waals surface area contributed by atoms with Crippen molar-refractivity contribution >= 4 is 11.9 Å². The number of hydrogen-bond donors (Lipinski definition) is 2. The largest absolute Gasteiger partial charge is 0.370 e. The van der Waals surface area contributed by atoms with Gasteiger partial charge >= 0.3 is 0 Å². The van der Waals surface area contributed by atoms with Gasteiger partial charge in [0.05, 0.1) is 0 Å². The minimum Gasteiger partial charge on any atom is -0.370 e. The van der Waals surface area contributed by atoms with E-state index in [0.29, 0.717) is 12.0 Å². The van der Waals surface area contributed by atoms with Crippen LogP contribution in [-0.4, -0.2) is 41.4 Å². The Bertz CT molecular complexity index is 327. The first-order chi connectivity index (χ1) is 6.72. The number of carbonyl (C=O) groups is 1. The molecule has 0 bridgehead atoms. The van der Waals surface area contributed by atoms with Crippen LogP contribution in [0.25, 0.3) is 0 Å². The van der Waals surface area contributed by atoms with Gasteiger partial charge in [-0.25, -0.2) is 4.99 Å². The minimum atomic E-state index is -0.541. The molecule has 2 fully saturated rings. The van der Waals surface area contributed by atoms with Crippen molar-refractivity contribution in [1.29, 1.82) is 0 Å². The van der Waals surface area contributed by atoms with E-state index < -0.39 is 5.54 Å². The van der Waals surface area contributed by atoms with Crippen molar-refractivity contribution in [2.24, 2.45) is 10.7 Å². The van der Waals surface area contributed by atoms with Gasteiger partial charge in [-0.2, -0.15) is 0 Å². The number of amides is 1. The van der Waals surface area contributed by atoms with E-state index in [4.69, 9.17) is 5.73 Å². The lowest BCUT2D eigenvalue weighted by molar-refractivity contribution is -0.124. The Labute approximate surface area is 82.3 Å². The van der Waals surface area contributed by atoms with Gasteiger partial charge in [0.25, 0.3) is 5.91 Å². The van der Waals surface area contributed by atoms with Crippen LogP contribution < -0.4 is 11.1 Å². The van der Waals surface area contributed by atoms with Gasteiger partial charge in [0.2, 0.25) is 0 Å². The molecule has 1 amide bonds. The predicted molar refractivity (Wildman–Crippen MR) is 51.7 cm³/mol. The van der Waals surface area contributed by atoms with E-state index in [9.17, 15) is 4.79 Å². The van der Waals surface area contributed by atoms with E-state index in [2.05, 4.69) is 15.2 Å². The van der Waals surface area contributed by atoms with Crippen LogP contribution in [0.4, 0.5) is 0 Å². The molecule has 2 saturated heterocycles. The molecule has 1 spiro atoms. The van der Waals surface area contributed by atoms with Crippen molar-refractivity contribution in [2.75, 3.05) is 13.1 Å². The van der Waals surface area contributed by atoms with E-state index in [1.165, 1.54) is 6.42 Å². The number of nitrogens with zero attached hydrogens (tertiary/aromatic N) is 2. The van der Waals surface area contributed by atoms with Gasteiger partial charge in [-0.15, -0.1) is 0 Å². The molecule has 5 nitrogen and oxygen atoms in total. The molecule has 3 rings (SSSR count). The average Bonchev–Trinajstić information content (AvgIpc) is 2.73. The molecule has 0 radical (unpaired) electrons. The maximum absolute atomic E-state index is 11.8. The smallest absolute Gasteiger partial charge is 0.256 e. The third kappa shape index (κ3) is 0.829. The molecule has 0 aliphatic carbocycles. The number of rotatable bonds is 0. The van der Waals surface area contributed by atoms with Gasteiger partial charge < -0.3 is 5.73 Å². The molecule has 76 valence electrons. The molecule has 3 heterocycles. The fourth-order valence-corrected chi connectivity index (χ4v) is 3.03. The summed E-state index contributed by atoms with van der Waals surface area (Å²) < 4.78 is 0. The number of nitrogens with two attached hydrogens (primary N) is 1. The van der Waals surface area contributed by atoms with Crippen LogP contribution >= 0.6 is 0 Å². The Morgan fingerprint density at radius 3 is 3.14 bits per heavy atom. The Kier molecular flexibility index (Phi) is 1.45. The maximum atomic E-state index is 11.8. The standard InChI is InChI=1S/C9H14N4O/c10-8-11-7(14)9(12-8)3-5-13-4-1-2-6(9)13/h6H,1-5H2,(H3,10,11,12,14). The highest BCUT2D eigenvalue weighted by atomic mass is 16.2. The quantitative estimate of drug-likeness (QED) is 0.521. The number of guanidine groups is 1. The van der Waals surface area contributed by atoms with E-state index in [0.717, 1.165) is 25.9 Å². The lowest BCUT2D eigenvalue weighted by Crippen LogP contribution is -2.47. The Hall–Kier alpha value is -1.10. The molecule has 2 unspecified atom stereocenters. The van der Waals surface area contributed by atoms with Crippen LogP contribution in [0.2, 0.25) is 0 Å². The highest BCUT2D eigenvalue weighted by Crippen LogP contribution is 2.40. The summed E-state index contributed by atoms with van der Waals surface area (Å²) in [6.07, 6.45) is 3.07. The van der Waals surface area contributed by atoms with E-state index in [-0.39, 0.29) is 5.91 Å². The Balaban J connectivity index is 2.00. The summed E-state index contributed by atoms with van der Waals surface area (Å²) in [5.41, 5.74) is 5.02. The first-order valence-electron chi connectivity index (χ1n) is 5.13. The zero-order chi connectivity index (χ0) is 9.76. The zero-order valence-electron chi connectivity index (χ0n) is 7.99. The fourth-order valence-electron chi connectivity index (χ4n) is 3.03. The van der Waals surface area contributed by atoms with E-state index in [1.807, 2.05) is 0 Å². The fraction of sp³-hybridized carbons (Fsp3) is 0.778. The molecule has 0 aromatic heterocycles. The molecule has 5 heteroatoms. The van der Waals surface area contributed by atoms with Gasteiger partial charge in [-0.1, -0.05) is 0 Å². The summed E-state index contributed by atoms with van der Waals surface area (Å²) in [5.74, 6) is 0.299. The molecule has 0 aromatic carbocycles. The highest BCUT2D eigenvalue weighted by molar-refractivity contribution is 6.07. The molecular weight excluding hydrogens is 180 g/mol.